The molecular weight excluding hydrogens is 368 g/mol. The number of carbonyl (C=O) groups is 2. The molecule has 2 aliphatic heterocycles. The Hall–Kier alpha value is -2.96. The highest BCUT2D eigenvalue weighted by Crippen LogP contribution is 2.39. The number of carbonyl (C=O) groups excluding carboxylic acids is 2. The molecule has 0 aromatic heterocycles. The number of fused-ring (bicyclic) bond motifs is 1. The first-order chi connectivity index (χ1) is 14.1. The van der Waals surface area contributed by atoms with Crippen LogP contribution < -0.4 is 10.2 Å². The smallest absolute Gasteiger partial charge is 0.267 e. The fourth-order valence-electron chi connectivity index (χ4n) is 4.10. The fourth-order valence-corrected chi connectivity index (χ4v) is 4.10. The third-order valence-corrected chi connectivity index (χ3v) is 5.61. The molecule has 0 bridgehead atoms. The Kier molecular flexibility index (Phi) is 5.47. The predicted octanol–water partition coefficient (Wildman–Crippen LogP) is 2.86. The first kappa shape index (κ1) is 19.4. The van der Waals surface area contributed by atoms with Gasteiger partial charge in [-0.15, -0.1) is 0 Å². The van der Waals surface area contributed by atoms with Gasteiger partial charge in [-0.1, -0.05) is 36.4 Å². The van der Waals surface area contributed by atoms with Crippen LogP contribution in [0.1, 0.15) is 34.3 Å². The summed E-state index contributed by atoms with van der Waals surface area (Å²) in [4.78, 5) is 26.3. The lowest BCUT2D eigenvalue weighted by molar-refractivity contribution is -0.124. The van der Waals surface area contributed by atoms with Gasteiger partial charge in [0.1, 0.15) is 11.4 Å². The largest absolute Gasteiger partial charge is 0.485 e. The highest BCUT2D eigenvalue weighted by molar-refractivity contribution is 6.01. The molecule has 4 rings (SSSR count). The summed E-state index contributed by atoms with van der Waals surface area (Å²) < 4.78 is 6.33. The normalized spacial score (nSPS) is 21.3. The van der Waals surface area contributed by atoms with Crippen LogP contribution in [-0.2, 0) is 11.2 Å². The number of rotatable bonds is 5. The summed E-state index contributed by atoms with van der Waals surface area (Å²) in [6.07, 6.45) is 4.94. The number of ether oxygens (including phenoxy) is 1. The summed E-state index contributed by atoms with van der Waals surface area (Å²) in [7, 11) is 0. The molecule has 29 heavy (non-hydrogen) atoms. The topological polar surface area (TPSA) is 78.9 Å². The minimum absolute atomic E-state index is 0.0676. The SMILES string of the molecule is O=C(/C=C/c1ccc2c(c1)C(=O)CC1(CCN(CCc3ccccc3)C1)O2)NO. The van der Waals surface area contributed by atoms with E-state index in [1.165, 1.54) is 11.6 Å². The van der Waals surface area contributed by atoms with Crippen LogP contribution in [0.3, 0.4) is 0 Å². The number of amides is 1. The van der Waals surface area contributed by atoms with Crippen LogP contribution in [0, 0.1) is 0 Å². The summed E-state index contributed by atoms with van der Waals surface area (Å²) >= 11 is 0. The van der Waals surface area contributed by atoms with Crippen molar-refractivity contribution in [2.75, 3.05) is 19.6 Å². The van der Waals surface area contributed by atoms with Crippen molar-refractivity contribution in [1.82, 2.24) is 10.4 Å². The second-order valence-corrected chi connectivity index (χ2v) is 7.71. The molecule has 6 heteroatoms. The zero-order valence-corrected chi connectivity index (χ0v) is 16.1. The Bertz CT molecular complexity index is 941. The predicted molar refractivity (Wildman–Crippen MR) is 109 cm³/mol. The second-order valence-electron chi connectivity index (χ2n) is 7.71. The molecule has 2 aliphatic rings. The summed E-state index contributed by atoms with van der Waals surface area (Å²) in [5, 5.41) is 8.56. The van der Waals surface area contributed by atoms with Crippen molar-refractivity contribution < 1.29 is 19.5 Å². The van der Waals surface area contributed by atoms with Crippen molar-refractivity contribution >= 4 is 17.8 Å². The molecule has 1 amide bonds. The van der Waals surface area contributed by atoms with Crippen LogP contribution in [0.4, 0.5) is 0 Å². The van der Waals surface area contributed by atoms with Gasteiger partial charge in [-0.05, 0) is 35.8 Å². The van der Waals surface area contributed by atoms with E-state index in [1.54, 1.807) is 29.8 Å². The van der Waals surface area contributed by atoms with Gasteiger partial charge in [-0.2, -0.15) is 0 Å². The van der Waals surface area contributed by atoms with E-state index in [9.17, 15) is 9.59 Å². The number of nitrogens with one attached hydrogen (secondary N) is 1. The molecule has 1 unspecified atom stereocenters. The Morgan fingerprint density at radius 3 is 2.86 bits per heavy atom. The number of nitrogens with zero attached hydrogens (tertiary/aromatic N) is 1. The summed E-state index contributed by atoms with van der Waals surface area (Å²) in [6, 6.07) is 15.7. The van der Waals surface area contributed by atoms with E-state index in [0.717, 1.165) is 32.5 Å². The van der Waals surface area contributed by atoms with Crippen molar-refractivity contribution in [2.45, 2.75) is 24.9 Å². The average Bonchev–Trinajstić information content (AvgIpc) is 3.13. The van der Waals surface area contributed by atoms with Gasteiger partial charge in [0, 0.05) is 32.1 Å². The maximum Gasteiger partial charge on any atom is 0.267 e. The van der Waals surface area contributed by atoms with Crippen LogP contribution in [0.5, 0.6) is 5.75 Å². The first-order valence-corrected chi connectivity index (χ1v) is 9.82. The third-order valence-electron chi connectivity index (χ3n) is 5.61. The molecule has 150 valence electrons. The number of Topliss-reactive ketones (excluding diaryl/α,β-unsaturated/α-hetero) is 1. The lowest BCUT2D eigenvalue weighted by atomic mass is 9.88. The van der Waals surface area contributed by atoms with E-state index in [0.29, 0.717) is 23.3 Å². The van der Waals surface area contributed by atoms with Gasteiger partial charge in [-0.25, -0.2) is 5.48 Å². The van der Waals surface area contributed by atoms with Gasteiger partial charge in [0.2, 0.25) is 0 Å². The molecule has 0 aliphatic carbocycles. The summed E-state index contributed by atoms with van der Waals surface area (Å²) in [5.74, 6) is 0.0544. The van der Waals surface area contributed by atoms with Gasteiger partial charge in [0.15, 0.2) is 5.78 Å². The highest BCUT2D eigenvalue weighted by Gasteiger charge is 2.45. The minimum atomic E-state index is -0.620. The van der Waals surface area contributed by atoms with Gasteiger partial charge in [-0.3, -0.25) is 19.7 Å². The van der Waals surface area contributed by atoms with Gasteiger partial charge in [0.25, 0.3) is 5.91 Å². The number of ketones is 1. The Morgan fingerprint density at radius 1 is 1.24 bits per heavy atom. The summed E-state index contributed by atoms with van der Waals surface area (Å²) in [6.45, 7) is 2.63. The molecular formula is C23H24N2O4. The van der Waals surface area contributed by atoms with E-state index in [4.69, 9.17) is 9.94 Å². The van der Waals surface area contributed by atoms with E-state index < -0.39 is 11.5 Å². The molecule has 1 spiro atoms. The van der Waals surface area contributed by atoms with Crippen LogP contribution >= 0.6 is 0 Å². The monoisotopic (exact) mass is 392 g/mol. The molecule has 2 heterocycles. The Labute approximate surface area is 169 Å². The maximum atomic E-state index is 12.8. The highest BCUT2D eigenvalue weighted by atomic mass is 16.5. The van der Waals surface area contributed by atoms with Crippen molar-refractivity contribution in [1.29, 1.82) is 0 Å². The van der Waals surface area contributed by atoms with Crippen LogP contribution in [0.2, 0.25) is 0 Å². The Morgan fingerprint density at radius 2 is 2.07 bits per heavy atom. The molecule has 2 aromatic carbocycles. The summed E-state index contributed by atoms with van der Waals surface area (Å²) in [5.41, 5.74) is 3.66. The van der Waals surface area contributed by atoms with Crippen molar-refractivity contribution in [2.24, 2.45) is 0 Å². The average molecular weight is 392 g/mol. The number of hydrogen-bond donors (Lipinski definition) is 2. The van der Waals surface area contributed by atoms with E-state index >= 15 is 0 Å². The molecule has 0 saturated carbocycles. The van der Waals surface area contributed by atoms with Crippen molar-refractivity contribution in [3.63, 3.8) is 0 Å². The fraction of sp³-hybridized carbons (Fsp3) is 0.304. The van der Waals surface area contributed by atoms with E-state index in [2.05, 4.69) is 29.2 Å². The molecule has 6 nitrogen and oxygen atoms in total. The molecule has 2 aromatic rings. The lowest BCUT2D eigenvalue weighted by Crippen LogP contribution is -2.44. The molecule has 2 N–H and O–H groups in total. The van der Waals surface area contributed by atoms with Crippen LogP contribution in [-0.4, -0.2) is 47.0 Å². The van der Waals surface area contributed by atoms with Gasteiger partial charge in [0.05, 0.1) is 12.0 Å². The number of likely N-dealkylation sites (tertiary alicyclic amines) is 1. The standard InChI is InChI=1S/C23H24N2O4/c26-20-15-23(11-13-25(16-23)12-10-17-4-2-1-3-5-17)29-21-8-6-18(14-19(20)21)7-9-22(27)24-28/h1-9,14,28H,10-13,15-16H2,(H,24,27)/b9-7+. The lowest BCUT2D eigenvalue weighted by Gasteiger charge is -2.35. The molecule has 1 saturated heterocycles. The first-order valence-electron chi connectivity index (χ1n) is 9.82. The molecule has 1 fully saturated rings. The van der Waals surface area contributed by atoms with Gasteiger partial charge < -0.3 is 4.74 Å². The Balaban J connectivity index is 1.43. The van der Waals surface area contributed by atoms with Crippen LogP contribution in [0.25, 0.3) is 6.08 Å². The van der Waals surface area contributed by atoms with Gasteiger partial charge >= 0.3 is 0 Å². The minimum Gasteiger partial charge on any atom is -0.485 e. The second kappa shape index (κ2) is 8.19. The van der Waals surface area contributed by atoms with E-state index in [-0.39, 0.29) is 5.78 Å². The number of hydroxylamine groups is 1. The maximum absolute atomic E-state index is 12.8. The molecule has 0 radical (unpaired) electrons. The number of hydrogen-bond acceptors (Lipinski definition) is 5. The zero-order valence-electron chi connectivity index (χ0n) is 16.1. The van der Waals surface area contributed by atoms with Crippen molar-refractivity contribution in [3.05, 3.63) is 71.3 Å². The third kappa shape index (κ3) is 4.39. The quantitative estimate of drug-likeness (QED) is 0.465. The number of benzene rings is 2. The van der Waals surface area contributed by atoms with Crippen molar-refractivity contribution in [3.8, 4) is 5.75 Å². The molecule has 1 atom stereocenters. The van der Waals surface area contributed by atoms with Crippen LogP contribution in [0.15, 0.2) is 54.6 Å². The zero-order chi connectivity index (χ0) is 20.3. The van der Waals surface area contributed by atoms with E-state index in [1.807, 2.05) is 6.07 Å².